The van der Waals surface area contributed by atoms with Gasteiger partial charge in [-0.15, -0.1) is 0 Å². The molecule has 0 saturated carbocycles. The largest absolute Gasteiger partial charge is 0.387 e. The van der Waals surface area contributed by atoms with Crippen molar-refractivity contribution < 1.29 is 5.11 Å². The number of aliphatic hydroxyl groups excluding tert-OH is 1. The summed E-state index contributed by atoms with van der Waals surface area (Å²) < 4.78 is 0. The standard InChI is InChI=1S/C17H16N2O/c1-11-5-8-19-17(12(2)20)16(11)14-4-3-13-6-7-18-10-15(13)9-14/h3-10,12,20H,1-2H3/t12-/m0/s1. The zero-order valence-corrected chi connectivity index (χ0v) is 11.5. The van der Waals surface area contributed by atoms with Crippen molar-refractivity contribution in [1.82, 2.24) is 9.97 Å². The number of aliphatic hydroxyl groups is 1. The van der Waals surface area contributed by atoms with E-state index in [1.54, 1.807) is 19.3 Å². The highest BCUT2D eigenvalue weighted by molar-refractivity contribution is 5.87. The van der Waals surface area contributed by atoms with Crippen LogP contribution in [-0.4, -0.2) is 15.1 Å². The van der Waals surface area contributed by atoms with Crippen LogP contribution in [0.2, 0.25) is 0 Å². The van der Waals surface area contributed by atoms with Gasteiger partial charge in [0.05, 0.1) is 11.8 Å². The van der Waals surface area contributed by atoms with Gasteiger partial charge in [-0.05, 0) is 48.6 Å². The molecule has 0 bridgehead atoms. The summed E-state index contributed by atoms with van der Waals surface area (Å²) in [4.78, 5) is 8.49. The van der Waals surface area contributed by atoms with Gasteiger partial charge in [0.2, 0.25) is 0 Å². The molecular formula is C17H16N2O. The predicted molar refractivity (Wildman–Crippen MR) is 80.3 cm³/mol. The Kier molecular flexibility index (Phi) is 3.20. The summed E-state index contributed by atoms with van der Waals surface area (Å²) >= 11 is 0. The number of aryl methyl sites for hydroxylation is 1. The molecule has 0 aliphatic heterocycles. The maximum Gasteiger partial charge on any atom is 0.0938 e. The Balaban J connectivity index is 2.25. The lowest BCUT2D eigenvalue weighted by molar-refractivity contribution is 0.195. The summed E-state index contributed by atoms with van der Waals surface area (Å²) in [7, 11) is 0. The Morgan fingerprint density at radius 2 is 1.90 bits per heavy atom. The first-order valence-corrected chi connectivity index (χ1v) is 6.64. The van der Waals surface area contributed by atoms with Crippen molar-refractivity contribution in [2.75, 3.05) is 0 Å². The molecule has 3 rings (SSSR count). The van der Waals surface area contributed by atoms with Crippen LogP contribution in [0.25, 0.3) is 21.9 Å². The fourth-order valence-electron chi connectivity index (χ4n) is 2.51. The minimum atomic E-state index is -0.588. The van der Waals surface area contributed by atoms with Crippen LogP contribution in [0.3, 0.4) is 0 Å². The Labute approximate surface area is 117 Å². The van der Waals surface area contributed by atoms with E-state index in [4.69, 9.17) is 0 Å². The maximum absolute atomic E-state index is 9.93. The lowest BCUT2D eigenvalue weighted by atomic mass is 9.95. The number of rotatable bonds is 2. The van der Waals surface area contributed by atoms with Crippen molar-refractivity contribution in [3.63, 3.8) is 0 Å². The number of benzene rings is 1. The number of hydrogen-bond donors (Lipinski definition) is 1. The summed E-state index contributed by atoms with van der Waals surface area (Å²) in [5.41, 5.74) is 3.90. The Hall–Kier alpha value is -2.26. The molecule has 0 aliphatic carbocycles. The topological polar surface area (TPSA) is 46.0 Å². The molecule has 0 fully saturated rings. The number of aromatic nitrogens is 2. The van der Waals surface area contributed by atoms with Crippen LogP contribution in [0.1, 0.15) is 24.3 Å². The minimum Gasteiger partial charge on any atom is -0.387 e. The molecule has 0 amide bonds. The summed E-state index contributed by atoms with van der Waals surface area (Å²) in [5.74, 6) is 0. The average molecular weight is 264 g/mol. The summed E-state index contributed by atoms with van der Waals surface area (Å²) in [6, 6.07) is 10.2. The Bertz CT molecular complexity index is 766. The molecule has 3 nitrogen and oxygen atoms in total. The third kappa shape index (κ3) is 2.17. The van der Waals surface area contributed by atoms with Gasteiger partial charge in [-0.25, -0.2) is 0 Å². The van der Waals surface area contributed by atoms with E-state index in [-0.39, 0.29) is 0 Å². The van der Waals surface area contributed by atoms with E-state index in [1.807, 2.05) is 25.3 Å². The van der Waals surface area contributed by atoms with Crippen molar-refractivity contribution in [3.8, 4) is 11.1 Å². The van der Waals surface area contributed by atoms with E-state index in [1.165, 1.54) is 0 Å². The molecule has 1 atom stereocenters. The van der Waals surface area contributed by atoms with E-state index in [0.717, 1.165) is 27.5 Å². The molecular weight excluding hydrogens is 248 g/mol. The third-order valence-electron chi connectivity index (χ3n) is 3.51. The van der Waals surface area contributed by atoms with Crippen LogP contribution in [0.5, 0.6) is 0 Å². The zero-order chi connectivity index (χ0) is 14.1. The fraction of sp³-hybridized carbons (Fsp3) is 0.176. The van der Waals surface area contributed by atoms with Crippen LogP contribution in [0.4, 0.5) is 0 Å². The van der Waals surface area contributed by atoms with Crippen LogP contribution in [0.15, 0.2) is 48.9 Å². The highest BCUT2D eigenvalue weighted by atomic mass is 16.3. The third-order valence-corrected chi connectivity index (χ3v) is 3.51. The molecule has 1 aromatic carbocycles. The lowest BCUT2D eigenvalue weighted by Gasteiger charge is -2.14. The fourth-order valence-corrected chi connectivity index (χ4v) is 2.51. The normalized spacial score (nSPS) is 12.6. The Morgan fingerprint density at radius 3 is 2.70 bits per heavy atom. The van der Waals surface area contributed by atoms with Crippen LogP contribution < -0.4 is 0 Å². The first-order valence-electron chi connectivity index (χ1n) is 6.64. The van der Waals surface area contributed by atoms with E-state index in [9.17, 15) is 5.11 Å². The maximum atomic E-state index is 9.93. The molecule has 1 N–H and O–H groups in total. The number of fused-ring (bicyclic) bond motifs is 1. The lowest BCUT2D eigenvalue weighted by Crippen LogP contribution is -2.00. The van der Waals surface area contributed by atoms with E-state index < -0.39 is 6.10 Å². The van der Waals surface area contributed by atoms with Gasteiger partial charge in [-0.2, -0.15) is 0 Å². The molecule has 3 aromatic rings. The molecule has 0 saturated heterocycles. The SMILES string of the molecule is Cc1ccnc([C@H](C)O)c1-c1ccc2ccncc2c1. The smallest absolute Gasteiger partial charge is 0.0938 e. The van der Waals surface area contributed by atoms with Gasteiger partial charge in [0, 0.05) is 29.5 Å². The van der Waals surface area contributed by atoms with Gasteiger partial charge in [0.25, 0.3) is 0 Å². The second-order valence-electron chi connectivity index (χ2n) is 5.00. The summed E-state index contributed by atoms with van der Waals surface area (Å²) in [6.07, 6.45) is 4.80. The molecule has 20 heavy (non-hydrogen) atoms. The van der Waals surface area contributed by atoms with E-state index in [2.05, 4.69) is 28.2 Å². The minimum absolute atomic E-state index is 0.588. The first-order chi connectivity index (χ1) is 9.66. The molecule has 0 unspecified atom stereocenters. The van der Waals surface area contributed by atoms with Crippen molar-refractivity contribution in [2.45, 2.75) is 20.0 Å². The zero-order valence-electron chi connectivity index (χ0n) is 11.5. The van der Waals surface area contributed by atoms with Gasteiger partial charge >= 0.3 is 0 Å². The van der Waals surface area contributed by atoms with Crippen molar-refractivity contribution in [3.05, 3.63) is 60.2 Å². The van der Waals surface area contributed by atoms with Crippen LogP contribution in [-0.2, 0) is 0 Å². The van der Waals surface area contributed by atoms with Gasteiger partial charge in [0.1, 0.15) is 0 Å². The number of nitrogens with zero attached hydrogens (tertiary/aromatic N) is 2. The van der Waals surface area contributed by atoms with Crippen molar-refractivity contribution >= 4 is 10.8 Å². The number of hydrogen-bond acceptors (Lipinski definition) is 3. The van der Waals surface area contributed by atoms with Gasteiger partial charge in [0.15, 0.2) is 0 Å². The highest BCUT2D eigenvalue weighted by Crippen LogP contribution is 2.31. The second-order valence-corrected chi connectivity index (χ2v) is 5.00. The summed E-state index contributed by atoms with van der Waals surface area (Å²) in [6.45, 7) is 3.78. The van der Waals surface area contributed by atoms with Gasteiger partial charge in [-0.1, -0.05) is 12.1 Å². The molecule has 0 spiro atoms. The number of pyridine rings is 2. The van der Waals surface area contributed by atoms with Crippen molar-refractivity contribution in [2.24, 2.45) is 0 Å². The molecule has 2 heterocycles. The monoisotopic (exact) mass is 264 g/mol. The quantitative estimate of drug-likeness (QED) is 0.768. The molecule has 0 aliphatic rings. The van der Waals surface area contributed by atoms with Gasteiger partial charge in [-0.3, -0.25) is 9.97 Å². The van der Waals surface area contributed by atoms with Crippen LogP contribution in [0, 0.1) is 6.92 Å². The van der Waals surface area contributed by atoms with Gasteiger partial charge < -0.3 is 5.11 Å². The average Bonchev–Trinajstić information content (AvgIpc) is 2.46. The van der Waals surface area contributed by atoms with E-state index >= 15 is 0 Å². The highest BCUT2D eigenvalue weighted by Gasteiger charge is 2.13. The molecule has 0 radical (unpaired) electrons. The van der Waals surface area contributed by atoms with Crippen LogP contribution >= 0.6 is 0 Å². The predicted octanol–water partition coefficient (Wildman–Crippen LogP) is 3.66. The second kappa shape index (κ2) is 5.02. The van der Waals surface area contributed by atoms with Crippen molar-refractivity contribution in [1.29, 1.82) is 0 Å². The summed E-state index contributed by atoms with van der Waals surface area (Å²) in [5, 5.41) is 12.2. The Morgan fingerprint density at radius 1 is 1.05 bits per heavy atom. The molecule has 2 aromatic heterocycles. The van der Waals surface area contributed by atoms with E-state index in [0.29, 0.717) is 5.69 Å². The molecule has 100 valence electrons. The molecule has 3 heteroatoms. The first kappa shape index (κ1) is 12.8.